The quantitative estimate of drug-likeness (QED) is 0.926. The number of anilines is 1. The highest BCUT2D eigenvalue weighted by Gasteiger charge is 2.09. The molecule has 1 unspecified atom stereocenters. The van der Waals surface area contributed by atoms with E-state index in [0.717, 1.165) is 16.0 Å². The molecule has 4 heteroatoms. The molecule has 0 spiro atoms. The molecule has 0 saturated heterocycles. The Balaban J connectivity index is 2.18. The van der Waals surface area contributed by atoms with Crippen LogP contribution < -0.4 is 10.1 Å². The molecule has 0 radical (unpaired) electrons. The Labute approximate surface area is 115 Å². The standard InChI is InChI=1S/C14H15BrN2O/c1-10(11-5-3-6-12(15)9-11)17-14-13(18-2)7-4-8-16-14/h3-10H,1-2H3,(H,16,17). The fourth-order valence-electron chi connectivity index (χ4n) is 1.73. The van der Waals surface area contributed by atoms with Crippen molar-refractivity contribution in [2.75, 3.05) is 12.4 Å². The van der Waals surface area contributed by atoms with E-state index >= 15 is 0 Å². The third-order valence-electron chi connectivity index (χ3n) is 2.69. The highest BCUT2D eigenvalue weighted by atomic mass is 79.9. The lowest BCUT2D eigenvalue weighted by molar-refractivity contribution is 0.414. The molecule has 1 heterocycles. The van der Waals surface area contributed by atoms with Crippen LogP contribution >= 0.6 is 15.9 Å². The first-order valence-electron chi connectivity index (χ1n) is 5.71. The van der Waals surface area contributed by atoms with Crippen molar-refractivity contribution in [2.24, 2.45) is 0 Å². The lowest BCUT2D eigenvalue weighted by atomic mass is 10.1. The number of halogens is 1. The average Bonchev–Trinajstić information content (AvgIpc) is 2.39. The van der Waals surface area contributed by atoms with Gasteiger partial charge in [0.25, 0.3) is 0 Å². The molecule has 2 aromatic rings. The summed E-state index contributed by atoms with van der Waals surface area (Å²) in [6.07, 6.45) is 1.75. The number of nitrogens with one attached hydrogen (secondary N) is 1. The minimum atomic E-state index is 0.159. The molecule has 1 N–H and O–H groups in total. The molecule has 0 amide bonds. The highest BCUT2D eigenvalue weighted by molar-refractivity contribution is 9.10. The summed E-state index contributed by atoms with van der Waals surface area (Å²) in [6, 6.07) is 12.1. The second-order valence-electron chi connectivity index (χ2n) is 3.98. The maximum atomic E-state index is 5.27. The van der Waals surface area contributed by atoms with E-state index in [9.17, 15) is 0 Å². The van der Waals surface area contributed by atoms with Gasteiger partial charge < -0.3 is 10.1 Å². The van der Waals surface area contributed by atoms with Crippen molar-refractivity contribution in [3.63, 3.8) is 0 Å². The SMILES string of the molecule is COc1cccnc1NC(C)c1cccc(Br)c1. The molecule has 0 saturated carbocycles. The zero-order valence-electron chi connectivity index (χ0n) is 10.4. The maximum Gasteiger partial charge on any atom is 0.169 e. The molecule has 1 aromatic heterocycles. The summed E-state index contributed by atoms with van der Waals surface area (Å²) < 4.78 is 6.34. The van der Waals surface area contributed by atoms with E-state index in [0.29, 0.717) is 0 Å². The largest absolute Gasteiger partial charge is 0.493 e. The Morgan fingerprint density at radius 1 is 1.28 bits per heavy atom. The van der Waals surface area contributed by atoms with Gasteiger partial charge in [0.2, 0.25) is 0 Å². The van der Waals surface area contributed by atoms with Gasteiger partial charge in [0.05, 0.1) is 13.2 Å². The molecular weight excluding hydrogens is 292 g/mol. The first kappa shape index (κ1) is 12.9. The van der Waals surface area contributed by atoms with Gasteiger partial charge >= 0.3 is 0 Å². The Kier molecular flexibility index (Phi) is 4.20. The van der Waals surface area contributed by atoms with E-state index in [1.807, 2.05) is 24.3 Å². The zero-order chi connectivity index (χ0) is 13.0. The number of benzene rings is 1. The van der Waals surface area contributed by atoms with Gasteiger partial charge in [0.1, 0.15) is 0 Å². The zero-order valence-corrected chi connectivity index (χ0v) is 11.9. The average molecular weight is 307 g/mol. The molecule has 2 rings (SSSR count). The molecular formula is C14H15BrN2O. The van der Waals surface area contributed by atoms with Crippen molar-refractivity contribution in [3.8, 4) is 5.75 Å². The number of hydrogen-bond donors (Lipinski definition) is 1. The number of pyridine rings is 1. The number of rotatable bonds is 4. The topological polar surface area (TPSA) is 34.1 Å². The van der Waals surface area contributed by atoms with Crippen molar-refractivity contribution in [1.29, 1.82) is 0 Å². The second-order valence-corrected chi connectivity index (χ2v) is 4.89. The molecule has 94 valence electrons. The normalized spacial score (nSPS) is 11.9. The number of nitrogens with zero attached hydrogens (tertiary/aromatic N) is 1. The van der Waals surface area contributed by atoms with Crippen LogP contribution in [0.2, 0.25) is 0 Å². The van der Waals surface area contributed by atoms with Crippen molar-refractivity contribution >= 4 is 21.7 Å². The van der Waals surface area contributed by atoms with Crippen LogP contribution in [-0.2, 0) is 0 Å². The van der Waals surface area contributed by atoms with Crippen LogP contribution in [0.3, 0.4) is 0 Å². The fourth-order valence-corrected chi connectivity index (χ4v) is 2.14. The van der Waals surface area contributed by atoms with Crippen LogP contribution in [0.1, 0.15) is 18.5 Å². The summed E-state index contributed by atoms with van der Waals surface area (Å²) in [7, 11) is 1.64. The summed E-state index contributed by atoms with van der Waals surface area (Å²) >= 11 is 3.48. The van der Waals surface area contributed by atoms with Gasteiger partial charge in [-0.2, -0.15) is 0 Å². The molecule has 0 aliphatic carbocycles. The first-order valence-corrected chi connectivity index (χ1v) is 6.51. The Morgan fingerprint density at radius 3 is 2.83 bits per heavy atom. The van der Waals surface area contributed by atoms with Crippen molar-refractivity contribution in [1.82, 2.24) is 4.98 Å². The summed E-state index contributed by atoms with van der Waals surface area (Å²) in [4.78, 5) is 4.29. The van der Waals surface area contributed by atoms with E-state index in [1.54, 1.807) is 13.3 Å². The predicted molar refractivity (Wildman–Crippen MR) is 77.0 cm³/mol. The number of methoxy groups -OCH3 is 1. The van der Waals surface area contributed by atoms with Crippen LogP contribution in [-0.4, -0.2) is 12.1 Å². The third-order valence-corrected chi connectivity index (χ3v) is 3.19. The van der Waals surface area contributed by atoms with Crippen LogP contribution in [0.25, 0.3) is 0 Å². The molecule has 0 bridgehead atoms. The van der Waals surface area contributed by atoms with Crippen LogP contribution in [0.5, 0.6) is 5.75 Å². The lowest BCUT2D eigenvalue weighted by Crippen LogP contribution is -2.08. The van der Waals surface area contributed by atoms with Crippen molar-refractivity contribution < 1.29 is 4.74 Å². The smallest absolute Gasteiger partial charge is 0.169 e. The van der Waals surface area contributed by atoms with E-state index in [4.69, 9.17) is 4.74 Å². The van der Waals surface area contributed by atoms with E-state index < -0.39 is 0 Å². The van der Waals surface area contributed by atoms with Crippen molar-refractivity contribution in [3.05, 3.63) is 52.6 Å². The van der Waals surface area contributed by atoms with E-state index in [-0.39, 0.29) is 6.04 Å². The summed E-state index contributed by atoms with van der Waals surface area (Å²) in [5, 5.41) is 3.35. The number of hydrogen-bond acceptors (Lipinski definition) is 3. The molecule has 1 atom stereocenters. The highest BCUT2D eigenvalue weighted by Crippen LogP contribution is 2.26. The van der Waals surface area contributed by atoms with Crippen molar-refractivity contribution in [2.45, 2.75) is 13.0 Å². The molecule has 3 nitrogen and oxygen atoms in total. The Morgan fingerprint density at radius 2 is 2.11 bits per heavy atom. The van der Waals surface area contributed by atoms with E-state index in [1.165, 1.54) is 5.56 Å². The molecule has 0 aliphatic heterocycles. The predicted octanol–water partition coefficient (Wildman–Crippen LogP) is 4.03. The van der Waals surface area contributed by atoms with Gasteiger partial charge in [-0.25, -0.2) is 4.98 Å². The Hall–Kier alpha value is -1.55. The van der Waals surface area contributed by atoms with Gasteiger partial charge in [0.15, 0.2) is 11.6 Å². The van der Waals surface area contributed by atoms with Gasteiger partial charge in [-0.15, -0.1) is 0 Å². The molecule has 18 heavy (non-hydrogen) atoms. The van der Waals surface area contributed by atoms with E-state index in [2.05, 4.69) is 45.3 Å². The van der Waals surface area contributed by atoms with Crippen LogP contribution in [0.4, 0.5) is 5.82 Å². The van der Waals surface area contributed by atoms with Crippen LogP contribution in [0.15, 0.2) is 47.1 Å². The minimum absolute atomic E-state index is 0.159. The molecule has 0 aliphatic rings. The maximum absolute atomic E-state index is 5.27. The number of aromatic nitrogens is 1. The molecule has 0 fully saturated rings. The lowest BCUT2D eigenvalue weighted by Gasteiger charge is -2.17. The monoisotopic (exact) mass is 306 g/mol. The molecule has 1 aromatic carbocycles. The minimum Gasteiger partial charge on any atom is -0.493 e. The summed E-state index contributed by atoms with van der Waals surface area (Å²) in [5.74, 6) is 1.51. The van der Waals surface area contributed by atoms with Gasteiger partial charge in [0, 0.05) is 10.7 Å². The Bertz CT molecular complexity index is 531. The van der Waals surface area contributed by atoms with Gasteiger partial charge in [-0.3, -0.25) is 0 Å². The second kappa shape index (κ2) is 5.87. The van der Waals surface area contributed by atoms with Gasteiger partial charge in [-0.05, 0) is 36.8 Å². The third kappa shape index (κ3) is 3.01. The first-order chi connectivity index (χ1) is 8.70. The fraction of sp³-hybridized carbons (Fsp3) is 0.214. The number of ether oxygens (including phenoxy) is 1. The summed E-state index contributed by atoms with van der Waals surface area (Å²) in [6.45, 7) is 2.09. The van der Waals surface area contributed by atoms with Gasteiger partial charge in [-0.1, -0.05) is 28.1 Å². The van der Waals surface area contributed by atoms with Crippen LogP contribution in [0, 0.1) is 0 Å². The summed E-state index contributed by atoms with van der Waals surface area (Å²) in [5.41, 5.74) is 1.19.